The Morgan fingerprint density at radius 2 is 0.959 bits per heavy atom. The number of hydrogen-bond donors (Lipinski definition) is 8. The van der Waals surface area contributed by atoms with Crippen molar-refractivity contribution in [2.24, 2.45) is 0 Å². The molecule has 0 unspecified atom stereocenters. The molecule has 33 heteroatoms. The number of nitrogens with two attached hydrogens (primary N) is 1. The van der Waals surface area contributed by atoms with Gasteiger partial charge in [0.15, 0.2) is 29.5 Å². The summed E-state index contributed by atoms with van der Waals surface area (Å²) in [6, 6.07) is 51.9. The fraction of sp³-hybridized carbons (Fsp3) is 0.189. The highest BCUT2D eigenvalue weighted by Gasteiger charge is 2.27. The van der Waals surface area contributed by atoms with E-state index in [9.17, 15) is 30.4 Å². The van der Waals surface area contributed by atoms with E-state index in [1.54, 1.807) is 115 Å². The Balaban J connectivity index is 0.000000155. The Hall–Kier alpha value is -10.1. The van der Waals surface area contributed by atoms with E-state index >= 15 is 0 Å². The number of rotatable bonds is 15. The number of ether oxygens (including phenoxy) is 4. The number of sulfone groups is 3. The molecule has 0 spiro atoms. The standard InChI is InChI=1S/C22H22N2O3S.C21H20N2O3S.C13H12BrClN2O.C13H11ClN2O.C8H11BO4S.C7H6ClIO.C6H7BrN2/c1-4-28(25,26)17-7-5-6-15(11-17)18-8-9-20(27-3)21-19(18)12-16-10-14(2)13-23-22(16)24-21;1-3-27(25,26)16-6-4-5-14(10-16)17-7-8-19(24)20-18(17)11-15-9-13(2)12-22-21(15)23-20;1-8-5-10(14)13(16-7-8)17-11-6-9(15)3-4-12(11)18-2;1-7-5-8-11-9(14)3-4-10(17-2)12(11)16-13(8)15-6-7;1-2-14(12,13)8-5-3-4-7(6-8)9(10)11;1-10-7-3-2-5(8)4-6(7)9;1-4-2-5(7)6(8)9-3-4/h5-11,13H,4,12H2,1-3H3,(H,23,24);4-10,12,24H,3,11H2,1-2H3,(H,22,23);3-7H,1-2H3,(H,16,17);3-6H,1-2H3,(H,15,16);3-6,10-11H,2H2,1H3;2-4H,1H3;2-3H,1H3,(H2,8,9). The second-order valence-corrected chi connectivity index (χ2v) is 39.0. The van der Waals surface area contributed by atoms with Crippen molar-refractivity contribution in [2.45, 2.75) is 82.9 Å². The number of phenols is 1. The summed E-state index contributed by atoms with van der Waals surface area (Å²) < 4.78 is 96.0. The molecule has 8 aromatic carbocycles. The minimum atomic E-state index is -3.29. The number of aromatic amines is 1. The van der Waals surface area contributed by atoms with E-state index < -0.39 is 36.6 Å². The van der Waals surface area contributed by atoms with Crippen LogP contribution in [-0.2, 0) is 42.4 Å². The Kier molecular flexibility index (Phi) is 32.9. The fourth-order valence-electron chi connectivity index (χ4n) is 12.9. The van der Waals surface area contributed by atoms with Gasteiger partial charge in [0.1, 0.15) is 57.7 Å². The number of nitrogens with zero attached hydrogens (tertiary/aromatic N) is 5. The second kappa shape index (κ2) is 42.5. The quantitative estimate of drug-likeness (QED) is 0.0268. The molecule has 0 bridgehead atoms. The Morgan fingerprint density at radius 3 is 1.48 bits per heavy atom. The van der Waals surface area contributed by atoms with E-state index in [-0.39, 0.29) is 33.4 Å². The summed E-state index contributed by atoms with van der Waals surface area (Å²) in [7, 11) is -4.92. The molecule has 9 N–H and O–H groups in total. The summed E-state index contributed by atoms with van der Waals surface area (Å²) in [5.74, 6) is 6.22. The van der Waals surface area contributed by atoms with E-state index in [0.717, 1.165) is 158 Å². The lowest BCUT2D eigenvalue weighted by molar-refractivity contribution is 0.412. The summed E-state index contributed by atoms with van der Waals surface area (Å²) in [6.07, 6.45) is 10.3. The minimum Gasteiger partial charge on any atom is -0.506 e. The monoisotopic (exact) mass is 2010 g/mol. The molecule has 640 valence electrons. The number of nitrogens with one attached hydrogen (secondary N) is 4. The molecule has 2 aliphatic rings. The van der Waals surface area contributed by atoms with Crippen molar-refractivity contribution in [2.75, 3.05) is 67.4 Å². The van der Waals surface area contributed by atoms with Crippen LogP contribution in [0.2, 0.25) is 15.1 Å². The lowest BCUT2D eigenvalue weighted by Gasteiger charge is -2.25. The van der Waals surface area contributed by atoms with Gasteiger partial charge in [0.05, 0.1) is 101 Å². The van der Waals surface area contributed by atoms with Crippen LogP contribution in [0.1, 0.15) is 70.8 Å². The van der Waals surface area contributed by atoms with Gasteiger partial charge < -0.3 is 60.8 Å². The van der Waals surface area contributed by atoms with Crippen LogP contribution in [0.15, 0.2) is 231 Å². The van der Waals surface area contributed by atoms with Crippen molar-refractivity contribution < 1.29 is 59.4 Å². The third-order valence-corrected chi connectivity index (χ3v) is 27.3. The molecule has 123 heavy (non-hydrogen) atoms. The van der Waals surface area contributed by atoms with Gasteiger partial charge in [0, 0.05) is 64.6 Å². The molecule has 2 aliphatic heterocycles. The molecular weight excluding hydrogens is 1930 g/mol. The van der Waals surface area contributed by atoms with Gasteiger partial charge in [-0.05, 0) is 282 Å². The molecule has 0 saturated heterocycles. The summed E-state index contributed by atoms with van der Waals surface area (Å²) in [5, 5.41) is 41.9. The molecule has 6 aromatic heterocycles. The zero-order chi connectivity index (χ0) is 89.4. The molecule has 0 atom stereocenters. The average molecular weight is 2020 g/mol. The van der Waals surface area contributed by atoms with Crippen molar-refractivity contribution in [3.63, 3.8) is 0 Å². The van der Waals surface area contributed by atoms with Gasteiger partial charge in [-0.2, -0.15) is 0 Å². The number of pyridine rings is 5. The van der Waals surface area contributed by atoms with E-state index in [1.165, 1.54) is 31.2 Å². The van der Waals surface area contributed by atoms with Gasteiger partial charge in [-0.3, -0.25) is 0 Å². The third-order valence-electron chi connectivity index (χ3n) is 19.3. The van der Waals surface area contributed by atoms with Crippen molar-refractivity contribution >= 4 is 194 Å². The maximum Gasteiger partial charge on any atom is 0.488 e. The van der Waals surface area contributed by atoms with Gasteiger partial charge in [-0.1, -0.05) is 116 Å². The van der Waals surface area contributed by atoms with E-state index in [4.69, 9.17) is 69.5 Å². The van der Waals surface area contributed by atoms with Gasteiger partial charge >= 0.3 is 7.12 Å². The first-order valence-corrected chi connectivity index (χ1v) is 46.8. The highest BCUT2D eigenvalue weighted by atomic mass is 127. The number of methoxy groups -OCH3 is 4. The van der Waals surface area contributed by atoms with E-state index in [2.05, 4.69) is 119 Å². The number of H-pyrrole nitrogens is 1. The number of fused-ring (bicyclic) bond motifs is 7. The second-order valence-electron chi connectivity index (χ2n) is 28.0. The van der Waals surface area contributed by atoms with Crippen LogP contribution in [0.3, 0.4) is 0 Å². The number of aromatic nitrogens is 6. The number of hydrogen-bond acceptors (Lipinski definition) is 22. The molecule has 0 fully saturated rings. The van der Waals surface area contributed by atoms with Crippen LogP contribution in [0.4, 0.5) is 40.3 Å². The number of aromatic hydroxyl groups is 1. The van der Waals surface area contributed by atoms with Crippen molar-refractivity contribution in [1.82, 2.24) is 29.9 Å². The number of benzene rings is 8. The highest BCUT2D eigenvalue weighted by Crippen LogP contribution is 2.46. The predicted octanol–water partition coefficient (Wildman–Crippen LogP) is 20.8. The summed E-state index contributed by atoms with van der Waals surface area (Å²) in [6.45, 7) is 14.8. The number of halogens is 6. The molecule has 0 saturated carbocycles. The number of aryl methyl sites for hydroxylation is 5. The number of phenolic OH excluding ortho intramolecular Hbond substituents is 1. The first kappa shape index (κ1) is 95.1. The first-order chi connectivity index (χ1) is 58.5. The molecule has 8 heterocycles. The highest BCUT2D eigenvalue weighted by molar-refractivity contribution is 14.1. The Bertz CT molecular complexity index is 6590. The van der Waals surface area contributed by atoms with Crippen molar-refractivity contribution in [3.8, 4) is 51.0 Å². The number of nitrogen functional groups attached to an aromatic ring is 1. The van der Waals surface area contributed by atoms with E-state index in [0.29, 0.717) is 49.9 Å². The van der Waals surface area contributed by atoms with Crippen molar-refractivity contribution in [1.29, 1.82) is 0 Å². The molecular formula is C90H89BBr2Cl3IN10O13S3. The summed E-state index contributed by atoms with van der Waals surface area (Å²) in [4.78, 5) is 25.5. The van der Waals surface area contributed by atoms with Crippen LogP contribution in [0.25, 0.3) is 44.2 Å². The average Bonchev–Trinajstić information content (AvgIpc) is 1.46. The topological polar surface area (TPSA) is 342 Å². The maximum absolute atomic E-state index is 12.3. The normalized spacial score (nSPS) is 11.5. The van der Waals surface area contributed by atoms with Crippen LogP contribution < -0.4 is 46.1 Å². The van der Waals surface area contributed by atoms with Crippen molar-refractivity contribution in [3.05, 3.63) is 285 Å². The van der Waals surface area contributed by atoms with Gasteiger partial charge in [-0.25, -0.2) is 50.2 Å². The van der Waals surface area contributed by atoms with Gasteiger partial charge in [-0.15, -0.1) is 0 Å². The number of anilines is 7. The predicted molar refractivity (Wildman–Crippen MR) is 511 cm³/mol. The first-order valence-electron chi connectivity index (χ1n) is 38.1. The molecule has 23 nitrogen and oxygen atoms in total. The largest absolute Gasteiger partial charge is 0.506 e. The third kappa shape index (κ3) is 24.1. The summed E-state index contributed by atoms with van der Waals surface area (Å²) >= 11 is 26.9. The maximum atomic E-state index is 12.3. The lowest BCUT2D eigenvalue weighted by atomic mass is 9.80. The molecule has 0 amide bonds. The zero-order valence-electron chi connectivity index (χ0n) is 69.0. The van der Waals surface area contributed by atoms with Crippen LogP contribution in [0, 0.1) is 38.2 Å². The molecule has 0 aliphatic carbocycles. The molecule has 0 radical (unpaired) electrons. The SMILES string of the molecule is CCS(=O)(=O)c1cccc(-c2ccc(O)c3c2Cc2cc(C)cnc2N3)c1.CCS(=O)(=O)c1cccc(-c2ccc(OC)c3c2Cc2cc(C)cnc2N3)c1.CCS(=O)(=O)c1cccc(B(O)O)c1.COc1ccc(Cl)c2c1[nH]c1ncc(C)cc12.COc1ccc(Cl)cc1I.COc1ccc(Cl)cc1Nc1ncc(C)cc1Br.Cc1cnc(N)c(Br)c1. The molecule has 16 rings (SSSR count). The summed E-state index contributed by atoms with van der Waals surface area (Å²) in [5.41, 5.74) is 22.8. The zero-order valence-corrected chi connectivity index (χ0v) is 79.0. The Labute approximate surface area is 761 Å². The smallest absolute Gasteiger partial charge is 0.488 e. The van der Waals surface area contributed by atoms with Crippen LogP contribution in [0.5, 0.6) is 28.7 Å². The van der Waals surface area contributed by atoms with Crippen LogP contribution in [-0.4, -0.2) is 123 Å². The van der Waals surface area contributed by atoms with Crippen LogP contribution >= 0.6 is 89.3 Å². The minimum absolute atomic E-state index is 0.00201. The van der Waals surface area contributed by atoms with Gasteiger partial charge in [0.2, 0.25) is 0 Å². The fourth-order valence-corrected chi connectivity index (χ4v) is 18.2. The molecule has 14 aromatic rings. The van der Waals surface area contributed by atoms with Gasteiger partial charge in [0.25, 0.3) is 0 Å². The van der Waals surface area contributed by atoms with E-state index in [1.807, 2.05) is 126 Å². The Morgan fingerprint density at radius 1 is 0.504 bits per heavy atom. The lowest BCUT2D eigenvalue weighted by Crippen LogP contribution is -2.30.